The molecule has 2 aliphatic carbocycles. The first-order valence-electron chi connectivity index (χ1n) is 6.21. The molecular formula is C14H14O2. The lowest BCUT2D eigenvalue weighted by Gasteiger charge is -2.61. The highest BCUT2D eigenvalue weighted by atomic mass is 16.6. The van der Waals surface area contributed by atoms with Crippen molar-refractivity contribution < 1.29 is 9.47 Å². The third-order valence-corrected chi connectivity index (χ3v) is 5.37. The molecule has 1 spiro atoms. The van der Waals surface area contributed by atoms with Crippen LogP contribution in [0.15, 0.2) is 30.3 Å². The number of rotatable bonds is 1. The van der Waals surface area contributed by atoms with Crippen LogP contribution in [-0.4, -0.2) is 25.4 Å². The molecule has 4 aliphatic rings. The average molecular weight is 214 g/mol. The first kappa shape index (κ1) is 8.26. The van der Waals surface area contributed by atoms with Crippen LogP contribution in [0.1, 0.15) is 11.5 Å². The van der Waals surface area contributed by atoms with Gasteiger partial charge < -0.3 is 9.47 Å². The lowest BCUT2D eigenvalue weighted by atomic mass is 9.37. The molecule has 1 aromatic carbocycles. The van der Waals surface area contributed by atoms with Gasteiger partial charge in [0.25, 0.3) is 0 Å². The Morgan fingerprint density at radius 2 is 2.06 bits per heavy atom. The van der Waals surface area contributed by atoms with Gasteiger partial charge in [0.2, 0.25) is 0 Å². The van der Waals surface area contributed by atoms with Crippen LogP contribution in [0.4, 0.5) is 0 Å². The third kappa shape index (κ3) is 0.661. The number of fused-ring (bicyclic) bond motifs is 2. The van der Waals surface area contributed by atoms with Crippen molar-refractivity contribution in [2.75, 3.05) is 13.2 Å². The molecular weight excluding hydrogens is 200 g/mol. The van der Waals surface area contributed by atoms with Crippen molar-refractivity contribution in [3.05, 3.63) is 35.9 Å². The Bertz CT molecular complexity index is 449. The Morgan fingerprint density at radius 1 is 1.19 bits per heavy atom. The summed E-state index contributed by atoms with van der Waals surface area (Å²) in [4.78, 5) is 0. The van der Waals surface area contributed by atoms with Crippen LogP contribution in [-0.2, 0) is 9.47 Å². The number of epoxide rings is 1. The number of hydrogen-bond acceptors (Lipinski definition) is 2. The molecule has 2 aliphatic heterocycles. The van der Waals surface area contributed by atoms with Crippen molar-refractivity contribution in [2.24, 2.45) is 17.3 Å². The van der Waals surface area contributed by atoms with Gasteiger partial charge in [-0.3, -0.25) is 0 Å². The van der Waals surface area contributed by atoms with E-state index in [2.05, 4.69) is 30.3 Å². The highest BCUT2D eigenvalue weighted by Gasteiger charge is 2.86. The summed E-state index contributed by atoms with van der Waals surface area (Å²) in [7, 11) is 0. The van der Waals surface area contributed by atoms with Crippen molar-refractivity contribution in [1.29, 1.82) is 0 Å². The van der Waals surface area contributed by atoms with E-state index in [-0.39, 0.29) is 0 Å². The molecule has 0 aromatic heterocycles. The highest BCUT2D eigenvalue weighted by Crippen LogP contribution is 2.80. The maximum Gasteiger partial charge on any atom is 0.0930 e. The zero-order valence-corrected chi connectivity index (χ0v) is 9.00. The molecule has 2 saturated carbocycles. The molecule has 0 bridgehead atoms. The molecule has 4 fully saturated rings. The maximum atomic E-state index is 5.79. The Morgan fingerprint density at radius 3 is 2.94 bits per heavy atom. The Labute approximate surface area is 94.6 Å². The van der Waals surface area contributed by atoms with Gasteiger partial charge in [-0.05, 0) is 11.5 Å². The van der Waals surface area contributed by atoms with Crippen molar-refractivity contribution in [1.82, 2.24) is 0 Å². The standard InChI is InChI=1S/C14H14O2/c1-2-4-8(5-3-1)10-9-6-15-7-14(9)11(10)12-13(14)16-12/h1-5,9-13H,6-7H2/t9-,10-,11+,12+,13+,14?/m0/s1. The van der Waals surface area contributed by atoms with E-state index in [1.807, 2.05) is 0 Å². The summed E-state index contributed by atoms with van der Waals surface area (Å²) < 4.78 is 11.5. The summed E-state index contributed by atoms with van der Waals surface area (Å²) in [6, 6.07) is 10.9. The second-order valence-corrected chi connectivity index (χ2v) is 5.72. The van der Waals surface area contributed by atoms with Crippen molar-refractivity contribution in [2.45, 2.75) is 18.1 Å². The molecule has 82 valence electrons. The number of ether oxygens (including phenoxy) is 2. The van der Waals surface area contributed by atoms with Gasteiger partial charge in [0, 0.05) is 17.3 Å². The van der Waals surface area contributed by atoms with Crippen LogP contribution in [0.2, 0.25) is 0 Å². The minimum absolute atomic E-state index is 0.436. The molecule has 0 N–H and O–H groups in total. The summed E-state index contributed by atoms with van der Waals surface area (Å²) in [6.07, 6.45) is 1.13. The molecule has 16 heavy (non-hydrogen) atoms. The van der Waals surface area contributed by atoms with Gasteiger partial charge in [-0.1, -0.05) is 30.3 Å². The zero-order chi connectivity index (χ0) is 10.3. The van der Waals surface area contributed by atoms with Gasteiger partial charge >= 0.3 is 0 Å². The lowest BCUT2D eigenvalue weighted by Crippen LogP contribution is -2.67. The monoisotopic (exact) mass is 214 g/mol. The van der Waals surface area contributed by atoms with Gasteiger partial charge in [0.15, 0.2) is 0 Å². The van der Waals surface area contributed by atoms with E-state index < -0.39 is 0 Å². The van der Waals surface area contributed by atoms with E-state index in [0.717, 1.165) is 25.0 Å². The topological polar surface area (TPSA) is 21.8 Å². The van der Waals surface area contributed by atoms with E-state index >= 15 is 0 Å². The summed E-state index contributed by atoms with van der Waals surface area (Å²) in [5.74, 6) is 2.18. The molecule has 6 atom stereocenters. The minimum Gasteiger partial charge on any atom is -0.380 e. The van der Waals surface area contributed by atoms with Crippen LogP contribution in [0.3, 0.4) is 0 Å². The molecule has 2 saturated heterocycles. The Hall–Kier alpha value is -0.860. The summed E-state index contributed by atoms with van der Waals surface area (Å²) in [5, 5.41) is 0. The molecule has 5 rings (SSSR count). The van der Waals surface area contributed by atoms with Crippen molar-refractivity contribution >= 4 is 0 Å². The molecule has 2 heteroatoms. The van der Waals surface area contributed by atoms with Crippen LogP contribution in [0.25, 0.3) is 0 Å². The largest absolute Gasteiger partial charge is 0.380 e. The maximum absolute atomic E-state index is 5.79. The van der Waals surface area contributed by atoms with Crippen molar-refractivity contribution in [3.63, 3.8) is 0 Å². The van der Waals surface area contributed by atoms with Gasteiger partial charge in [0.1, 0.15) is 0 Å². The van der Waals surface area contributed by atoms with E-state index in [1.165, 1.54) is 5.56 Å². The van der Waals surface area contributed by atoms with Crippen LogP contribution >= 0.6 is 0 Å². The van der Waals surface area contributed by atoms with Gasteiger partial charge in [-0.15, -0.1) is 0 Å². The molecule has 1 unspecified atom stereocenters. The molecule has 2 heterocycles. The van der Waals surface area contributed by atoms with Gasteiger partial charge in [-0.2, -0.15) is 0 Å². The van der Waals surface area contributed by atoms with Gasteiger partial charge in [-0.25, -0.2) is 0 Å². The van der Waals surface area contributed by atoms with E-state index in [4.69, 9.17) is 9.47 Å². The predicted molar refractivity (Wildman–Crippen MR) is 58.1 cm³/mol. The molecule has 1 aromatic rings. The van der Waals surface area contributed by atoms with Crippen LogP contribution < -0.4 is 0 Å². The molecule has 2 nitrogen and oxygen atoms in total. The Balaban J connectivity index is 1.58. The quantitative estimate of drug-likeness (QED) is 0.665. The zero-order valence-electron chi connectivity index (χ0n) is 9.00. The first-order valence-corrected chi connectivity index (χ1v) is 6.21. The Kier molecular flexibility index (Phi) is 1.22. The summed E-state index contributed by atoms with van der Waals surface area (Å²) in [5.41, 5.74) is 1.93. The highest BCUT2D eigenvalue weighted by molar-refractivity contribution is 5.40. The SMILES string of the molecule is c1ccc([C@@H]2[C@@H]3[C@H]4O[C@H]4C34COC[C@@H]24)cc1. The third-order valence-electron chi connectivity index (χ3n) is 5.37. The van der Waals surface area contributed by atoms with Crippen molar-refractivity contribution in [3.8, 4) is 0 Å². The van der Waals surface area contributed by atoms with Crippen LogP contribution in [0.5, 0.6) is 0 Å². The fourth-order valence-electron chi connectivity index (χ4n) is 4.69. The van der Waals surface area contributed by atoms with E-state index in [9.17, 15) is 0 Å². The lowest BCUT2D eigenvalue weighted by molar-refractivity contribution is -0.0974. The fourth-order valence-corrected chi connectivity index (χ4v) is 4.69. The number of hydrogen-bond donors (Lipinski definition) is 0. The second-order valence-electron chi connectivity index (χ2n) is 5.72. The normalized spacial score (nSPS) is 55.4. The number of benzene rings is 1. The average Bonchev–Trinajstić information content (AvgIpc) is 2.91. The summed E-state index contributed by atoms with van der Waals surface area (Å²) >= 11 is 0. The fraction of sp³-hybridized carbons (Fsp3) is 0.571. The second kappa shape index (κ2) is 2.36. The van der Waals surface area contributed by atoms with E-state index in [0.29, 0.717) is 23.5 Å². The van der Waals surface area contributed by atoms with Crippen LogP contribution in [0, 0.1) is 17.3 Å². The first-order chi connectivity index (χ1) is 7.93. The summed E-state index contributed by atoms with van der Waals surface area (Å²) in [6.45, 7) is 1.90. The molecule has 0 radical (unpaired) electrons. The van der Waals surface area contributed by atoms with Gasteiger partial charge in [0.05, 0.1) is 25.4 Å². The minimum atomic E-state index is 0.436. The molecule has 0 amide bonds. The van der Waals surface area contributed by atoms with E-state index in [1.54, 1.807) is 0 Å². The smallest absolute Gasteiger partial charge is 0.0930 e. The predicted octanol–water partition coefficient (Wildman–Crippen LogP) is 1.81.